The van der Waals surface area contributed by atoms with Gasteiger partial charge < -0.3 is 11.1 Å². The molecule has 1 rings (SSSR count). The Balaban J connectivity index is 2.25. The second-order valence-corrected chi connectivity index (χ2v) is 3.94. The van der Waals surface area contributed by atoms with Gasteiger partial charge in [0.05, 0.1) is 0 Å². The van der Waals surface area contributed by atoms with Crippen LogP contribution < -0.4 is 11.1 Å². The van der Waals surface area contributed by atoms with Crippen molar-refractivity contribution in [3.05, 3.63) is 24.3 Å². The van der Waals surface area contributed by atoms with Crippen LogP contribution in [0.2, 0.25) is 0 Å². The van der Waals surface area contributed by atoms with E-state index in [1.165, 1.54) is 4.90 Å². The number of nitrogens with one attached hydrogen (secondary N) is 1. The molecule has 0 amide bonds. The highest BCUT2D eigenvalue weighted by Crippen LogP contribution is 2.18. The fraction of sp³-hybridized carbons (Fsp3) is 0.400. The number of nitrogens with two attached hydrogens (primary N) is 1. The standard InChI is InChI=1S/C10H16N2S/c1-2-12-7-8-13-10-5-3-9(11)4-6-10/h3-6,12H,2,7-8,11H2,1H3. The van der Waals surface area contributed by atoms with E-state index < -0.39 is 0 Å². The third-order valence-electron chi connectivity index (χ3n) is 1.68. The van der Waals surface area contributed by atoms with Crippen molar-refractivity contribution >= 4 is 17.4 Å². The first-order valence-corrected chi connectivity index (χ1v) is 5.50. The normalized spacial score (nSPS) is 10.2. The zero-order chi connectivity index (χ0) is 9.52. The van der Waals surface area contributed by atoms with Gasteiger partial charge in [-0.1, -0.05) is 6.92 Å². The first-order valence-electron chi connectivity index (χ1n) is 4.52. The molecule has 72 valence electrons. The van der Waals surface area contributed by atoms with Crippen molar-refractivity contribution in [3.8, 4) is 0 Å². The minimum absolute atomic E-state index is 0.830. The highest BCUT2D eigenvalue weighted by atomic mass is 32.2. The molecule has 3 N–H and O–H groups in total. The van der Waals surface area contributed by atoms with E-state index in [-0.39, 0.29) is 0 Å². The Morgan fingerprint density at radius 2 is 2.00 bits per heavy atom. The molecule has 3 heteroatoms. The summed E-state index contributed by atoms with van der Waals surface area (Å²) in [5, 5.41) is 3.28. The molecule has 0 atom stereocenters. The van der Waals surface area contributed by atoms with E-state index in [1.807, 2.05) is 23.9 Å². The maximum absolute atomic E-state index is 5.58. The summed E-state index contributed by atoms with van der Waals surface area (Å²) >= 11 is 1.85. The van der Waals surface area contributed by atoms with E-state index in [2.05, 4.69) is 24.4 Å². The van der Waals surface area contributed by atoms with Crippen LogP contribution in [0.5, 0.6) is 0 Å². The van der Waals surface area contributed by atoms with Crippen molar-refractivity contribution in [1.82, 2.24) is 5.32 Å². The van der Waals surface area contributed by atoms with Crippen LogP contribution in [0, 0.1) is 0 Å². The molecule has 0 heterocycles. The van der Waals surface area contributed by atoms with Gasteiger partial charge in [0, 0.05) is 22.9 Å². The quantitative estimate of drug-likeness (QED) is 0.429. The first-order chi connectivity index (χ1) is 6.33. The minimum Gasteiger partial charge on any atom is -0.399 e. The maximum atomic E-state index is 5.58. The van der Waals surface area contributed by atoms with Crippen LogP contribution in [0.3, 0.4) is 0 Å². The summed E-state index contributed by atoms with van der Waals surface area (Å²) in [6, 6.07) is 8.00. The van der Waals surface area contributed by atoms with Gasteiger partial charge in [0.2, 0.25) is 0 Å². The van der Waals surface area contributed by atoms with Crippen molar-refractivity contribution < 1.29 is 0 Å². The molecule has 0 aliphatic heterocycles. The third kappa shape index (κ3) is 4.20. The van der Waals surface area contributed by atoms with Crippen LogP contribution in [0.4, 0.5) is 5.69 Å². The summed E-state index contributed by atoms with van der Waals surface area (Å²) in [6.07, 6.45) is 0. The lowest BCUT2D eigenvalue weighted by atomic mass is 10.3. The fourth-order valence-corrected chi connectivity index (χ4v) is 1.79. The molecule has 1 aromatic carbocycles. The summed E-state index contributed by atoms with van der Waals surface area (Å²) in [7, 11) is 0. The Bertz CT molecular complexity index is 233. The van der Waals surface area contributed by atoms with Crippen LogP contribution in [0.15, 0.2) is 29.2 Å². The van der Waals surface area contributed by atoms with Crippen molar-refractivity contribution in [1.29, 1.82) is 0 Å². The van der Waals surface area contributed by atoms with Gasteiger partial charge in [0.1, 0.15) is 0 Å². The number of hydrogen-bond donors (Lipinski definition) is 2. The van der Waals surface area contributed by atoms with Gasteiger partial charge in [-0.15, -0.1) is 11.8 Å². The van der Waals surface area contributed by atoms with Gasteiger partial charge in [0.15, 0.2) is 0 Å². The number of nitrogen functional groups attached to an aromatic ring is 1. The molecule has 1 aromatic rings. The SMILES string of the molecule is CCNCCSc1ccc(N)cc1. The van der Waals surface area contributed by atoms with Gasteiger partial charge in [-0.3, -0.25) is 0 Å². The van der Waals surface area contributed by atoms with Crippen LogP contribution in [-0.2, 0) is 0 Å². The highest BCUT2D eigenvalue weighted by Gasteiger charge is 1.92. The van der Waals surface area contributed by atoms with Gasteiger partial charge in [-0.25, -0.2) is 0 Å². The number of hydrogen-bond acceptors (Lipinski definition) is 3. The van der Waals surface area contributed by atoms with E-state index in [1.54, 1.807) is 0 Å². The number of benzene rings is 1. The molecule has 0 saturated carbocycles. The van der Waals surface area contributed by atoms with Crippen molar-refractivity contribution in [2.45, 2.75) is 11.8 Å². The predicted octanol–water partition coefficient (Wildman–Crippen LogP) is 1.97. The zero-order valence-corrected chi connectivity index (χ0v) is 8.73. The molecule has 0 saturated heterocycles. The maximum Gasteiger partial charge on any atom is 0.0314 e. The highest BCUT2D eigenvalue weighted by molar-refractivity contribution is 7.99. The second kappa shape index (κ2) is 5.89. The molecule has 0 fully saturated rings. The van der Waals surface area contributed by atoms with E-state index >= 15 is 0 Å². The summed E-state index contributed by atoms with van der Waals surface area (Å²) < 4.78 is 0. The molecule has 0 spiro atoms. The van der Waals surface area contributed by atoms with Gasteiger partial charge in [-0.2, -0.15) is 0 Å². The van der Waals surface area contributed by atoms with Gasteiger partial charge in [0.25, 0.3) is 0 Å². The summed E-state index contributed by atoms with van der Waals surface area (Å²) in [6.45, 7) is 4.22. The van der Waals surface area contributed by atoms with Crippen molar-refractivity contribution in [2.75, 3.05) is 24.6 Å². The van der Waals surface area contributed by atoms with Crippen LogP contribution in [-0.4, -0.2) is 18.8 Å². The molecule has 0 aliphatic carbocycles. The largest absolute Gasteiger partial charge is 0.399 e. The lowest BCUT2D eigenvalue weighted by Gasteiger charge is -2.02. The Morgan fingerprint density at radius 3 is 2.62 bits per heavy atom. The molecule has 0 bridgehead atoms. The van der Waals surface area contributed by atoms with Crippen LogP contribution in [0.25, 0.3) is 0 Å². The monoisotopic (exact) mass is 196 g/mol. The average Bonchev–Trinajstić information content (AvgIpc) is 2.15. The minimum atomic E-state index is 0.830. The van der Waals surface area contributed by atoms with Crippen LogP contribution in [0.1, 0.15) is 6.92 Å². The lowest BCUT2D eigenvalue weighted by Crippen LogP contribution is -2.15. The smallest absolute Gasteiger partial charge is 0.0314 e. The van der Waals surface area contributed by atoms with Crippen molar-refractivity contribution in [2.24, 2.45) is 0 Å². The van der Waals surface area contributed by atoms with E-state index in [9.17, 15) is 0 Å². The molecule has 2 nitrogen and oxygen atoms in total. The summed E-state index contributed by atoms with van der Waals surface area (Å²) in [5.74, 6) is 1.11. The fourth-order valence-electron chi connectivity index (χ4n) is 0.982. The number of rotatable bonds is 5. The summed E-state index contributed by atoms with van der Waals surface area (Å²) in [5.41, 5.74) is 6.41. The molecule has 0 radical (unpaired) electrons. The second-order valence-electron chi connectivity index (χ2n) is 2.77. The van der Waals surface area contributed by atoms with E-state index in [0.29, 0.717) is 0 Å². The molecular formula is C10H16N2S. The van der Waals surface area contributed by atoms with Crippen LogP contribution >= 0.6 is 11.8 Å². The Labute approximate surface area is 83.9 Å². The Hall–Kier alpha value is -0.670. The summed E-state index contributed by atoms with van der Waals surface area (Å²) in [4.78, 5) is 1.28. The average molecular weight is 196 g/mol. The molecule has 0 unspecified atom stereocenters. The van der Waals surface area contributed by atoms with Gasteiger partial charge >= 0.3 is 0 Å². The first kappa shape index (κ1) is 10.4. The Kier molecular flexibility index (Phi) is 4.72. The van der Waals surface area contributed by atoms with E-state index in [4.69, 9.17) is 5.73 Å². The van der Waals surface area contributed by atoms with E-state index in [0.717, 1.165) is 24.5 Å². The molecule has 0 aromatic heterocycles. The predicted molar refractivity (Wildman–Crippen MR) is 60.1 cm³/mol. The van der Waals surface area contributed by atoms with Crippen molar-refractivity contribution in [3.63, 3.8) is 0 Å². The molecule has 13 heavy (non-hydrogen) atoms. The number of thioether (sulfide) groups is 1. The number of anilines is 1. The third-order valence-corrected chi connectivity index (χ3v) is 2.69. The Morgan fingerprint density at radius 1 is 1.31 bits per heavy atom. The molecule has 0 aliphatic rings. The van der Waals surface area contributed by atoms with Gasteiger partial charge in [-0.05, 0) is 30.8 Å². The lowest BCUT2D eigenvalue weighted by molar-refractivity contribution is 0.768. The molecular weight excluding hydrogens is 180 g/mol. The topological polar surface area (TPSA) is 38.0 Å². The zero-order valence-electron chi connectivity index (χ0n) is 7.92.